The van der Waals surface area contributed by atoms with Crippen LogP contribution in [0, 0.1) is 5.82 Å². The van der Waals surface area contributed by atoms with E-state index in [2.05, 4.69) is 5.16 Å². The lowest BCUT2D eigenvalue weighted by atomic mass is 10.0. The Morgan fingerprint density at radius 1 is 1.25 bits per heavy atom. The molecule has 0 saturated carbocycles. The van der Waals surface area contributed by atoms with Gasteiger partial charge in [-0.2, -0.15) is 13.2 Å². The van der Waals surface area contributed by atoms with Gasteiger partial charge in [0.1, 0.15) is 18.1 Å². The Labute approximate surface area is 155 Å². The van der Waals surface area contributed by atoms with E-state index in [-0.39, 0.29) is 35.2 Å². The normalized spacial score (nSPS) is 15.3. The molecule has 0 bridgehead atoms. The number of halogens is 4. The molecule has 1 aromatic heterocycles. The molecule has 2 heterocycles. The van der Waals surface area contributed by atoms with Gasteiger partial charge >= 0.3 is 11.9 Å². The number of fused-ring (bicyclic) bond motifs is 1. The van der Waals surface area contributed by atoms with Crippen LogP contribution < -0.4 is 16.0 Å². The van der Waals surface area contributed by atoms with Gasteiger partial charge in [-0.15, -0.1) is 0 Å². The molecule has 150 valence electrons. The molecule has 0 radical (unpaired) electrons. The van der Waals surface area contributed by atoms with E-state index in [0.29, 0.717) is 16.7 Å². The van der Waals surface area contributed by atoms with Crippen molar-refractivity contribution < 1.29 is 27.1 Å². The number of nitrogens with zero attached hydrogens (tertiary/aromatic N) is 3. The van der Waals surface area contributed by atoms with E-state index in [1.54, 1.807) is 6.92 Å². The first kappa shape index (κ1) is 19.6. The highest BCUT2D eigenvalue weighted by Gasteiger charge is 2.35. The van der Waals surface area contributed by atoms with Gasteiger partial charge in [-0.3, -0.25) is 9.36 Å². The zero-order valence-electron chi connectivity index (χ0n) is 14.8. The van der Waals surface area contributed by atoms with Crippen LogP contribution in [0.2, 0.25) is 0 Å². The summed E-state index contributed by atoms with van der Waals surface area (Å²) in [5, 5.41) is 3.91. The zero-order valence-corrected chi connectivity index (χ0v) is 14.8. The van der Waals surface area contributed by atoms with Gasteiger partial charge in [0.25, 0.3) is 5.56 Å². The molecule has 1 aliphatic heterocycles. The number of ether oxygens (including phenoxy) is 1. The van der Waals surface area contributed by atoms with E-state index in [4.69, 9.17) is 9.57 Å². The minimum absolute atomic E-state index is 0.128. The smallest absolute Gasteiger partial charge is 0.431 e. The van der Waals surface area contributed by atoms with Crippen LogP contribution in [0.5, 0.6) is 5.75 Å². The Kier molecular flexibility index (Phi) is 5.01. The number of hydrogen-bond acceptors (Lipinski definition) is 5. The summed E-state index contributed by atoms with van der Waals surface area (Å²) in [7, 11) is 0.850. The second kappa shape index (κ2) is 7.13. The molecule has 7 nitrogen and oxygen atoms in total. The summed E-state index contributed by atoms with van der Waals surface area (Å²) in [6.07, 6.45) is -4.58. The van der Waals surface area contributed by atoms with E-state index < -0.39 is 34.6 Å². The first-order chi connectivity index (χ1) is 13.1. The predicted molar refractivity (Wildman–Crippen MR) is 90.5 cm³/mol. The van der Waals surface area contributed by atoms with Crippen molar-refractivity contribution >= 4 is 5.71 Å². The van der Waals surface area contributed by atoms with Crippen molar-refractivity contribution in [3.05, 3.63) is 56.1 Å². The Bertz CT molecular complexity index is 1070. The lowest BCUT2D eigenvalue weighted by Gasteiger charge is -2.20. The quantitative estimate of drug-likeness (QED) is 0.584. The van der Waals surface area contributed by atoms with E-state index in [0.717, 1.165) is 19.2 Å². The molecule has 0 spiro atoms. The fraction of sp³-hybridized carbons (Fsp3) is 0.353. The Balaban J connectivity index is 2.25. The number of aromatic nitrogens is 2. The molecule has 11 heteroatoms. The molecule has 0 unspecified atom stereocenters. The van der Waals surface area contributed by atoms with Crippen molar-refractivity contribution in [2.45, 2.75) is 19.5 Å². The van der Waals surface area contributed by atoms with Crippen LogP contribution in [0.3, 0.4) is 0 Å². The van der Waals surface area contributed by atoms with Crippen molar-refractivity contribution in [3.63, 3.8) is 0 Å². The summed E-state index contributed by atoms with van der Waals surface area (Å²) in [4.78, 5) is 29.6. The molecule has 2 aromatic rings. The molecule has 1 aliphatic rings. The van der Waals surface area contributed by atoms with Crippen LogP contribution in [0.25, 0.3) is 5.69 Å². The van der Waals surface area contributed by atoms with Crippen LogP contribution in [-0.4, -0.2) is 28.1 Å². The first-order valence-electron chi connectivity index (χ1n) is 8.21. The SMILES string of the molecule is CCO/N=C1\CCOc2cc(F)c(-n3c(=O)cc(C(F)(F)F)n(C)c3=O)cc21. The van der Waals surface area contributed by atoms with E-state index >= 15 is 0 Å². The van der Waals surface area contributed by atoms with Gasteiger partial charge in [0, 0.05) is 31.2 Å². The molecule has 0 N–H and O–H groups in total. The van der Waals surface area contributed by atoms with Gasteiger partial charge in [-0.25, -0.2) is 13.8 Å². The Morgan fingerprint density at radius 3 is 2.61 bits per heavy atom. The lowest BCUT2D eigenvalue weighted by Crippen LogP contribution is -2.41. The minimum Gasteiger partial charge on any atom is -0.492 e. The average Bonchev–Trinajstić information content (AvgIpc) is 2.62. The van der Waals surface area contributed by atoms with Gasteiger partial charge in [-0.1, -0.05) is 5.16 Å². The fourth-order valence-electron chi connectivity index (χ4n) is 2.81. The third-order valence-corrected chi connectivity index (χ3v) is 4.11. The summed E-state index contributed by atoms with van der Waals surface area (Å²) >= 11 is 0. The summed E-state index contributed by atoms with van der Waals surface area (Å²) in [6.45, 7) is 2.22. The molecule has 0 saturated heterocycles. The van der Waals surface area contributed by atoms with Gasteiger partial charge in [-0.05, 0) is 13.0 Å². The Hall–Kier alpha value is -3.11. The Morgan fingerprint density at radius 2 is 1.96 bits per heavy atom. The van der Waals surface area contributed by atoms with Crippen LogP contribution in [-0.2, 0) is 18.1 Å². The molecule has 0 aliphatic carbocycles. The molecule has 3 rings (SSSR count). The number of oxime groups is 1. The van der Waals surface area contributed by atoms with Crippen molar-refractivity contribution in [2.75, 3.05) is 13.2 Å². The van der Waals surface area contributed by atoms with Crippen LogP contribution in [0.4, 0.5) is 17.6 Å². The van der Waals surface area contributed by atoms with Crippen molar-refractivity contribution in [1.82, 2.24) is 9.13 Å². The maximum Gasteiger partial charge on any atom is 0.431 e. The number of alkyl halides is 3. The van der Waals surface area contributed by atoms with E-state index in [9.17, 15) is 27.2 Å². The molecular formula is C17H15F4N3O4. The predicted octanol–water partition coefficient (Wildman–Crippen LogP) is 2.22. The zero-order chi connectivity index (χ0) is 20.6. The van der Waals surface area contributed by atoms with Crippen molar-refractivity contribution in [1.29, 1.82) is 0 Å². The van der Waals surface area contributed by atoms with E-state index in [1.165, 1.54) is 0 Å². The van der Waals surface area contributed by atoms with Gasteiger partial charge in [0.05, 0.1) is 18.0 Å². The second-order valence-corrected chi connectivity index (χ2v) is 5.90. The highest BCUT2D eigenvalue weighted by molar-refractivity contribution is 6.03. The summed E-state index contributed by atoms with van der Waals surface area (Å²) < 4.78 is 59.5. The van der Waals surface area contributed by atoms with Gasteiger partial charge in [0.2, 0.25) is 0 Å². The lowest BCUT2D eigenvalue weighted by molar-refractivity contribution is -0.144. The van der Waals surface area contributed by atoms with Crippen molar-refractivity contribution in [3.8, 4) is 11.4 Å². The van der Waals surface area contributed by atoms with Crippen LogP contribution >= 0.6 is 0 Å². The highest BCUT2D eigenvalue weighted by atomic mass is 19.4. The standard InChI is InChI=1S/C17H15F4N3O4/c1-3-28-22-11-4-5-27-13-7-10(18)12(6-9(11)13)24-15(25)8-14(17(19,20)21)23(2)16(24)26/h6-8H,3-5H2,1-2H3/b22-11+. The summed E-state index contributed by atoms with van der Waals surface area (Å²) in [5.74, 6) is -0.877. The van der Waals surface area contributed by atoms with Crippen LogP contribution in [0.1, 0.15) is 24.6 Å². The monoisotopic (exact) mass is 401 g/mol. The summed E-state index contributed by atoms with van der Waals surface area (Å²) in [6, 6.07) is 2.33. The van der Waals surface area contributed by atoms with Gasteiger partial charge < -0.3 is 9.57 Å². The fourth-order valence-corrected chi connectivity index (χ4v) is 2.81. The molecule has 1 aromatic carbocycles. The topological polar surface area (TPSA) is 74.8 Å². The third kappa shape index (κ3) is 3.39. The average molecular weight is 401 g/mol. The maximum absolute atomic E-state index is 14.6. The maximum atomic E-state index is 14.6. The summed E-state index contributed by atoms with van der Waals surface area (Å²) in [5.41, 5.74) is -3.90. The third-order valence-electron chi connectivity index (χ3n) is 4.11. The van der Waals surface area contributed by atoms with E-state index in [1.807, 2.05) is 0 Å². The van der Waals surface area contributed by atoms with Gasteiger partial charge in [0.15, 0.2) is 5.82 Å². The molecule has 0 fully saturated rings. The van der Waals surface area contributed by atoms with Crippen molar-refractivity contribution in [2.24, 2.45) is 12.2 Å². The number of rotatable bonds is 3. The second-order valence-electron chi connectivity index (χ2n) is 5.90. The first-order valence-corrected chi connectivity index (χ1v) is 8.21. The van der Waals surface area contributed by atoms with Crippen LogP contribution in [0.15, 0.2) is 32.9 Å². The minimum atomic E-state index is -4.91. The number of benzene rings is 1. The molecule has 0 atom stereocenters. The molecular weight excluding hydrogens is 386 g/mol. The largest absolute Gasteiger partial charge is 0.492 e. The highest BCUT2D eigenvalue weighted by Crippen LogP contribution is 2.30. The molecule has 0 amide bonds. The molecule has 28 heavy (non-hydrogen) atoms. The number of hydrogen-bond donors (Lipinski definition) is 0.